The standard InChI is InChI=1S/C18H14N2O3/c1-12(21)23-14-8-9-16-15(11-14)18(22)20-17(19-16)10-7-13-5-3-2-4-6-13/h2-11H,1H3,(H,19,20,22)/b10-7+. The number of nitrogens with one attached hydrogen (secondary N) is 1. The van der Waals surface area contributed by atoms with Gasteiger partial charge in [0, 0.05) is 6.92 Å². The normalized spacial score (nSPS) is 11.0. The zero-order valence-electron chi connectivity index (χ0n) is 12.4. The fourth-order valence-electron chi connectivity index (χ4n) is 2.18. The molecule has 0 atom stereocenters. The molecule has 0 aliphatic carbocycles. The molecule has 3 aromatic rings. The first-order chi connectivity index (χ1) is 11.1. The molecule has 0 spiro atoms. The Kier molecular flexibility index (Phi) is 4.01. The van der Waals surface area contributed by atoms with Crippen molar-refractivity contribution in [2.75, 3.05) is 0 Å². The maximum atomic E-state index is 12.2. The molecule has 1 heterocycles. The molecule has 0 aliphatic rings. The smallest absolute Gasteiger partial charge is 0.308 e. The minimum Gasteiger partial charge on any atom is -0.427 e. The maximum absolute atomic E-state index is 12.2. The Bertz CT molecular complexity index is 943. The van der Waals surface area contributed by atoms with Crippen LogP contribution in [0.3, 0.4) is 0 Å². The van der Waals surface area contributed by atoms with Gasteiger partial charge in [-0.05, 0) is 29.8 Å². The van der Waals surface area contributed by atoms with E-state index < -0.39 is 5.97 Å². The molecule has 0 fully saturated rings. The highest BCUT2D eigenvalue weighted by atomic mass is 16.5. The molecular formula is C18H14N2O3. The number of rotatable bonds is 3. The number of esters is 1. The first-order valence-corrected chi connectivity index (χ1v) is 7.07. The van der Waals surface area contributed by atoms with Gasteiger partial charge in [0.25, 0.3) is 5.56 Å². The van der Waals surface area contributed by atoms with Gasteiger partial charge in [-0.25, -0.2) is 4.98 Å². The summed E-state index contributed by atoms with van der Waals surface area (Å²) in [6.45, 7) is 1.31. The van der Waals surface area contributed by atoms with E-state index in [0.717, 1.165) is 5.56 Å². The molecule has 0 saturated heterocycles. The van der Waals surface area contributed by atoms with Crippen molar-refractivity contribution < 1.29 is 9.53 Å². The zero-order chi connectivity index (χ0) is 16.2. The number of carbonyl (C=O) groups excluding carboxylic acids is 1. The van der Waals surface area contributed by atoms with Crippen LogP contribution in [0.2, 0.25) is 0 Å². The lowest BCUT2D eigenvalue weighted by Gasteiger charge is -2.03. The molecule has 23 heavy (non-hydrogen) atoms. The third kappa shape index (κ3) is 3.52. The second-order valence-electron chi connectivity index (χ2n) is 4.97. The molecular weight excluding hydrogens is 292 g/mol. The van der Waals surface area contributed by atoms with Crippen LogP contribution < -0.4 is 10.3 Å². The Balaban J connectivity index is 1.97. The summed E-state index contributed by atoms with van der Waals surface area (Å²) in [6, 6.07) is 14.5. The highest BCUT2D eigenvalue weighted by molar-refractivity contribution is 5.81. The third-order valence-electron chi connectivity index (χ3n) is 3.19. The van der Waals surface area contributed by atoms with Crippen LogP contribution in [0.25, 0.3) is 23.1 Å². The number of hydrogen-bond donors (Lipinski definition) is 1. The molecule has 5 nitrogen and oxygen atoms in total. The van der Waals surface area contributed by atoms with Crippen LogP contribution in [0.1, 0.15) is 18.3 Å². The molecule has 114 valence electrons. The molecule has 0 unspecified atom stereocenters. The Morgan fingerprint density at radius 1 is 1.13 bits per heavy atom. The number of hydrogen-bond acceptors (Lipinski definition) is 4. The molecule has 1 N–H and O–H groups in total. The van der Waals surface area contributed by atoms with Gasteiger partial charge in [0.2, 0.25) is 0 Å². The van der Waals surface area contributed by atoms with Crippen LogP contribution >= 0.6 is 0 Å². The molecule has 0 radical (unpaired) electrons. The highest BCUT2D eigenvalue weighted by Crippen LogP contribution is 2.17. The summed E-state index contributed by atoms with van der Waals surface area (Å²) >= 11 is 0. The molecule has 0 saturated carbocycles. The second kappa shape index (κ2) is 6.27. The van der Waals surface area contributed by atoms with Gasteiger partial charge in [0.1, 0.15) is 11.6 Å². The summed E-state index contributed by atoms with van der Waals surface area (Å²) < 4.78 is 4.98. The Hall–Kier alpha value is -3.21. The number of H-pyrrole nitrogens is 1. The van der Waals surface area contributed by atoms with Gasteiger partial charge in [0.05, 0.1) is 10.9 Å². The SMILES string of the molecule is CC(=O)Oc1ccc2nc(/C=C/c3ccccc3)[nH]c(=O)c2c1. The summed E-state index contributed by atoms with van der Waals surface area (Å²) in [7, 11) is 0. The predicted molar refractivity (Wildman–Crippen MR) is 89.0 cm³/mol. The molecule has 0 bridgehead atoms. The van der Waals surface area contributed by atoms with Crippen LogP contribution in [-0.4, -0.2) is 15.9 Å². The van der Waals surface area contributed by atoms with E-state index in [1.165, 1.54) is 13.0 Å². The van der Waals surface area contributed by atoms with Crippen molar-refractivity contribution in [2.45, 2.75) is 6.92 Å². The maximum Gasteiger partial charge on any atom is 0.308 e. The lowest BCUT2D eigenvalue weighted by molar-refractivity contribution is -0.131. The third-order valence-corrected chi connectivity index (χ3v) is 3.19. The fraction of sp³-hybridized carbons (Fsp3) is 0.0556. The van der Waals surface area contributed by atoms with Gasteiger partial charge in [-0.15, -0.1) is 0 Å². The quantitative estimate of drug-likeness (QED) is 0.596. The van der Waals surface area contributed by atoms with Crippen molar-refractivity contribution in [3.05, 3.63) is 70.3 Å². The second-order valence-corrected chi connectivity index (χ2v) is 4.97. The molecule has 0 amide bonds. The lowest BCUT2D eigenvalue weighted by atomic mass is 10.2. The number of fused-ring (bicyclic) bond motifs is 1. The van der Waals surface area contributed by atoms with Gasteiger partial charge in [-0.3, -0.25) is 9.59 Å². The van der Waals surface area contributed by atoms with Crippen LogP contribution in [0.4, 0.5) is 0 Å². The monoisotopic (exact) mass is 306 g/mol. The Morgan fingerprint density at radius 3 is 2.65 bits per heavy atom. The first kappa shape index (κ1) is 14.7. The van der Waals surface area contributed by atoms with Gasteiger partial charge < -0.3 is 9.72 Å². The summed E-state index contributed by atoms with van der Waals surface area (Å²) in [5.74, 6) is 0.354. The van der Waals surface area contributed by atoms with Gasteiger partial charge >= 0.3 is 5.97 Å². The largest absolute Gasteiger partial charge is 0.427 e. The summed E-state index contributed by atoms with van der Waals surface area (Å²) in [5, 5.41) is 0.376. The van der Waals surface area contributed by atoms with Crippen molar-refractivity contribution in [3.63, 3.8) is 0 Å². The van der Waals surface area contributed by atoms with Gasteiger partial charge in [-0.2, -0.15) is 0 Å². The number of aromatic amines is 1. The van der Waals surface area contributed by atoms with Crippen molar-refractivity contribution in [1.82, 2.24) is 9.97 Å². The number of nitrogens with zero attached hydrogens (tertiary/aromatic N) is 1. The van der Waals surface area contributed by atoms with E-state index >= 15 is 0 Å². The summed E-state index contributed by atoms with van der Waals surface area (Å²) in [5.41, 5.74) is 1.27. The van der Waals surface area contributed by atoms with E-state index in [1.807, 2.05) is 36.4 Å². The fourth-order valence-corrected chi connectivity index (χ4v) is 2.18. The Morgan fingerprint density at radius 2 is 1.91 bits per heavy atom. The molecule has 5 heteroatoms. The molecule has 3 rings (SSSR count). The number of ether oxygens (including phenoxy) is 1. The van der Waals surface area contributed by atoms with Crippen LogP contribution in [0, 0.1) is 0 Å². The van der Waals surface area contributed by atoms with Crippen LogP contribution in [0.15, 0.2) is 53.3 Å². The first-order valence-electron chi connectivity index (χ1n) is 7.07. The van der Waals surface area contributed by atoms with Crippen LogP contribution in [0.5, 0.6) is 5.75 Å². The van der Waals surface area contributed by atoms with Crippen molar-refractivity contribution in [3.8, 4) is 5.75 Å². The number of aromatic nitrogens is 2. The van der Waals surface area contributed by atoms with Crippen molar-refractivity contribution in [1.29, 1.82) is 0 Å². The van der Waals surface area contributed by atoms with Gasteiger partial charge in [0.15, 0.2) is 0 Å². The molecule has 2 aromatic carbocycles. The summed E-state index contributed by atoms with van der Waals surface area (Å²) in [6.07, 6.45) is 3.62. The van der Waals surface area contributed by atoms with E-state index in [2.05, 4.69) is 9.97 Å². The van der Waals surface area contributed by atoms with E-state index in [9.17, 15) is 9.59 Å². The molecule has 1 aromatic heterocycles. The Labute approximate surface area is 132 Å². The minimum atomic E-state index is -0.434. The molecule has 0 aliphatic heterocycles. The van der Waals surface area contributed by atoms with Gasteiger partial charge in [-0.1, -0.05) is 36.4 Å². The van der Waals surface area contributed by atoms with E-state index in [0.29, 0.717) is 22.5 Å². The van der Waals surface area contributed by atoms with Crippen molar-refractivity contribution in [2.24, 2.45) is 0 Å². The number of benzene rings is 2. The average molecular weight is 306 g/mol. The zero-order valence-corrected chi connectivity index (χ0v) is 12.4. The average Bonchev–Trinajstić information content (AvgIpc) is 2.54. The lowest BCUT2D eigenvalue weighted by Crippen LogP contribution is -2.10. The van der Waals surface area contributed by atoms with Crippen LogP contribution in [-0.2, 0) is 4.79 Å². The predicted octanol–water partition coefficient (Wildman–Crippen LogP) is 3.02. The van der Waals surface area contributed by atoms with E-state index in [-0.39, 0.29) is 5.56 Å². The minimum absolute atomic E-state index is 0.281. The highest BCUT2D eigenvalue weighted by Gasteiger charge is 2.05. The number of carbonyl (C=O) groups is 1. The topological polar surface area (TPSA) is 72.0 Å². The van der Waals surface area contributed by atoms with Crippen molar-refractivity contribution >= 4 is 29.0 Å². The summed E-state index contributed by atoms with van der Waals surface area (Å²) in [4.78, 5) is 30.2. The van der Waals surface area contributed by atoms with E-state index in [4.69, 9.17) is 4.74 Å². The van der Waals surface area contributed by atoms with E-state index in [1.54, 1.807) is 18.2 Å².